The van der Waals surface area contributed by atoms with Gasteiger partial charge in [-0.2, -0.15) is 5.10 Å². The molecule has 1 N–H and O–H groups in total. The van der Waals surface area contributed by atoms with Crippen molar-refractivity contribution >= 4 is 29.1 Å². The van der Waals surface area contributed by atoms with Crippen molar-refractivity contribution < 1.29 is 9.72 Å². The molecule has 0 aliphatic rings. The van der Waals surface area contributed by atoms with Gasteiger partial charge in [0.15, 0.2) is 0 Å². The third kappa shape index (κ3) is 3.99. The van der Waals surface area contributed by atoms with Crippen LogP contribution in [0.5, 0.6) is 0 Å². The molecule has 6 nitrogen and oxygen atoms in total. The quantitative estimate of drug-likeness (QED) is 0.521. The van der Waals surface area contributed by atoms with E-state index >= 15 is 0 Å². The third-order valence-corrected chi connectivity index (χ3v) is 3.24. The minimum Gasteiger partial charge on any atom is -0.273 e. The lowest BCUT2D eigenvalue weighted by Gasteiger charge is -2.00. The summed E-state index contributed by atoms with van der Waals surface area (Å²) in [7, 11) is 0. The fraction of sp³-hybridized carbons (Fsp3) is 0.0769. The van der Waals surface area contributed by atoms with Crippen LogP contribution in [0.1, 0.15) is 10.4 Å². The smallest absolute Gasteiger partial charge is 0.269 e. The topological polar surface area (TPSA) is 84.6 Å². The molecule has 20 heavy (non-hydrogen) atoms. The van der Waals surface area contributed by atoms with Crippen LogP contribution < -0.4 is 5.43 Å². The molecule has 0 fully saturated rings. The Hall–Kier alpha value is -2.54. The molecule has 2 aromatic rings. The molecular formula is C13H11N3O3S. The van der Waals surface area contributed by atoms with Gasteiger partial charge in [-0.1, -0.05) is 18.2 Å². The molecule has 102 valence electrons. The fourth-order valence-corrected chi connectivity index (χ4v) is 2.08. The maximum atomic E-state index is 11.6. The minimum atomic E-state index is -0.477. The molecule has 7 heteroatoms. The SMILES string of the molecule is O=C(Cc1ccc([N+](=O)[O-])cc1)N/N=C\c1cccs1. The van der Waals surface area contributed by atoms with Gasteiger partial charge >= 0.3 is 0 Å². The van der Waals surface area contributed by atoms with E-state index in [0.29, 0.717) is 5.56 Å². The molecule has 0 spiro atoms. The van der Waals surface area contributed by atoms with Crippen LogP contribution in [0, 0.1) is 10.1 Å². The second-order valence-electron chi connectivity index (χ2n) is 3.91. The standard InChI is InChI=1S/C13H11N3O3S/c17-13(15-14-9-12-2-1-7-20-12)8-10-3-5-11(6-4-10)16(18)19/h1-7,9H,8H2,(H,15,17)/b14-9-. The van der Waals surface area contributed by atoms with E-state index in [0.717, 1.165) is 4.88 Å². The van der Waals surface area contributed by atoms with Crippen molar-refractivity contribution in [2.24, 2.45) is 5.10 Å². The van der Waals surface area contributed by atoms with Gasteiger partial charge in [-0.05, 0) is 17.0 Å². The summed E-state index contributed by atoms with van der Waals surface area (Å²) in [4.78, 5) is 22.6. The molecule has 1 amide bonds. The van der Waals surface area contributed by atoms with E-state index in [4.69, 9.17) is 0 Å². The highest BCUT2D eigenvalue weighted by Gasteiger charge is 2.06. The lowest BCUT2D eigenvalue weighted by atomic mass is 10.1. The van der Waals surface area contributed by atoms with Gasteiger partial charge in [0.25, 0.3) is 5.69 Å². The second kappa shape index (κ2) is 6.58. The van der Waals surface area contributed by atoms with Crippen molar-refractivity contribution in [3.63, 3.8) is 0 Å². The number of non-ortho nitro benzene ring substituents is 1. The molecule has 0 bridgehead atoms. The second-order valence-corrected chi connectivity index (χ2v) is 4.89. The van der Waals surface area contributed by atoms with Crippen molar-refractivity contribution in [1.29, 1.82) is 0 Å². The van der Waals surface area contributed by atoms with E-state index in [1.54, 1.807) is 18.3 Å². The number of nitrogens with one attached hydrogen (secondary N) is 1. The van der Waals surface area contributed by atoms with Crippen LogP contribution in [0.2, 0.25) is 0 Å². The maximum absolute atomic E-state index is 11.6. The first-order chi connectivity index (χ1) is 9.65. The Morgan fingerprint density at radius 2 is 2.10 bits per heavy atom. The third-order valence-electron chi connectivity index (χ3n) is 2.44. The summed E-state index contributed by atoms with van der Waals surface area (Å²) in [6.45, 7) is 0. The lowest BCUT2D eigenvalue weighted by molar-refractivity contribution is -0.384. The van der Waals surface area contributed by atoms with E-state index in [2.05, 4.69) is 10.5 Å². The zero-order chi connectivity index (χ0) is 14.4. The van der Waals surface area contributed by atoms with Crippen molar-refractivity contribution in [2.45, 2.75) is 6.42 Å². The minimum absolute atomic E-state index is 0.00451. The number of carbonyl (C=O) groups is 1. The number of nitrogens with zero attached hydrogens (tertiary/aromatic N) is 2. The molecule has 0 saturated carbocycles. The molecular weight excluding hydrogens is 278 g/mol. The van der Waals surface area contributed by atoms with E-state index in [9.17, 15) is 14.9 Å². The van der Waals surface area contributed by atoms with Crippen molar-refractivity contribution in [3.05, 3.63) is 62.3 Å². The first-order valence-electron chi connectivity index (χ1n) is 5.74. The number of hydrogen-bond acceptors (Lipinski definition) is 5. The molecule has 0 aliphatic carbocycles. The normalized spacial score (nSPS) is 10.6. The van der Waals surface area contributed by atoms with Crippen molar-refractivity contribution in [2.75, 3.05) is 0 Å². The predicted molar refractivity (Wildman–Crippen MR) is 76.9 cm³/mol. The molecule has 0 atom stereocenters. The first-order valence-corrected chi connectivity index (χ1v) is 6.62. The molecule has 1 heterocycles. The largest absolute Gasteiger partial charge is 0.273 e. The van der Waals surface area contributed by atoms with Crippen molar-refractivity contribution in [1.82, 2.24) is 5.43 Å². The summed E-state index contributed by atoms with van der Waals surface area (Å²) >= 11 is 1.52. The summed E-state index contributed by atoms with van der Waals surface area (Å²) in [5.74, 6) is -0.272. The van der Waals surface area contributed by atoms with Gasteiger partial charge in [0.05, 0.1) is 17.6 Å². The summed E-state index contributed by atoms with van der Waals surface area (Å²) in [6, 6.07) is 9.64. The van der Waals surface area contributed by atoms with Gasteiger partial charge in [-0.3, -0.25) is 14.9 Å². The number of thiophene rings is 1. The highest BCUT2D eigenvalue weighted by atomic mass is 32.1. The zero-order valence-electron chi connectivity index (χ0n) is 10.4. The molecule has 0 radical (unpaired) electrons. The Morgan fingerprint density at radius 1 is 1.35 bits per heavy atom. The first kappa shape index (κ1) is 13.9. The van der Waals surface area contributed by atoms with E-state index in [-0.39, 0.29) is 18.0 Å². The summed E-state index contributed by atoms with van der Waals surface area (Å²) in [5.41, 5.74) is 3.11. The Kier molecular flexibility index (Phi) is 4.56. The molecule has 0 saturated heterocycles. The van der Waals surface area contributed by atoms with Gasteiger partial charge < -0.3 is 0 Å². The van der Waals surface area contributed by atoms with Crippen LogP contribution >= 0.6 is 11.3 Å². The number of rotatable bonds is 5. The van der Waals surface area contributed by atoms with Gasteiger partial charge in [0.2, 0.25) is 5.91 Å². The number of amides is 1. The maximum Gasteiger partial charge on any atom is 0.269 e. The number of hydrazone groups is 1. The summed E-state index contributed by atoms with van der Waals surface area (Å²) in [6.07, 6.45) is 1.69. The fourth-order valence-electron chi connectivity index (χ4n) is 1.49. The molecule has 0 aliphatic heterocycles. The number of nitro groups is 1. The van der Waals surface area contributed by atoms with Crippen LogP contribution in [0.15, 0.2) is 46.9 Å². The van der Waals surface area contributed by atoms with E-state index in [1.165, 1.54) is 23.5 Å². The van der Waals surface area contributed by atoms with E-state index < -0.39 is 4.92 Å². The Balaban J connectivity index is 1.86. The molecule has 0 unspecified atom stereocenters. The number of nitro benzene ring substituents is 1. The van der Waals surface area contributed by atoms with E-state index in [1.807, 2.05) is 17.5 Å². The highest BCUT2D eigenvalue weighted by molar-refractivity contribution is 7.11. The highest BCUT2D eigenvalue weighted by Crippen LogP contribution is 2.12. The van der Waals surface area contributed by atoms with Crippen LogP contribution in [0.4, 0.5) is 5.69 Å². The average Bonchev–Trinajstić information content (AvgIpc) is 2.92. The van der Waals surface area contributed by atoms with Gasteiger partial charge in [-0.25, -0.2) is 5.43 Å². The monoisotopic (exact) mass is 289 g/mol. The van der Waals surface area contributed by atoms with Crippen LogP contribution in [0.3, 0.4) is 0 Å². The summed E-state index contributed by atoms with van der Waals surface area (Å²) < 4.78 is 0. The molecule has 2 rings (SSSR count). The summed E-state index contributed by atoms with van der Waals surface area (Å²) in [5, 5.41) is 16.2. The molecule has 1 aromatic heterocycles. The van der Waals surface area contributed by atoms with Crippen LogP contribution in [0.25, 0.3) is 0 Å². The average molecular weight is 289 g/mol. The zero-order valence-corrected chi connectivity index (χ0v) is 11.2. The van der Waals surface area contributed by atoms with Crippen LogP contribution in [-0.4, -0.2) is 17.0 Å². The lowest BCUT2D eigenvalue weighted by Crippen LogP contribution is -2.19. The number of carbonyl (C=O) groups excluding carboxylic acids is 1. The Bertz CT molecular complexity index is 621. The van der Waals surface area contributed by atoms with Gasteiger partial charge in [0.1, 0.15) is 0 Å². The predicted octanol–water partition coefficient (Wildman–Crippen LogP) is 2.35. The van der Waals surface area contributed by atoms with Gasteiger partial charge in [-0.15, -0.1) is 11.3 Å². The Morgan fingerprint density at radius 3 is 2.70 bits per heavy atom. The van der Waals surface area contributed by atoms with Crippen LogP contribution in [-0.2, 0) is 11.2 Å². The van der Waals surface area contributed by atoms with Gasteiger partial charge in [0, 0.05) is 17.0 Å². The molecule has 1 aromatic carbocycles. The number of hydrogen-bond donors (Lipinski definition) is 1. The van der Waals surface area contributed by atoms with Crippen molar-refractivity contribution in [3.8, 4) is 0 Å². The Labute approximate surface area is 118 Å². The number of benzene rings is 1.